The van der Waals surface area contributed by atoms with E-state index in [1.54, 1.807) is 53.8 Å². The summed E-state index contributed by atoms with van der Waals surface area (Å²) in [5.41, 5.74) is 7.01. The Morgan fingerprint density at radius 2 is 1.75 bits per heavy atom. The lowest BCUT2D eigenvalue weighted by Crippen LogP contribution is -2.46. The van der Waals surface area contributed by atoms with Crippen molar-refractivity contribution in [2.24, 2.45) is 5.73 Å². The number of nitrogens with zero attached hydrogens (tertiary/aromatic N) is 2. The minimum atomic E-state index is -0.923. The number of benzene rings is 2. The molecule has 40 heavy (non-hydrogen) atoms. The zero-order valence-electron chi connectivity index (χ0n) is 22.2. The summed E-state index contributed by atoms with van der Waals surface area (Å²) in [6, 6.07) is 12.2. The standard InChI is InChI=1S/C29H32N4O6S/c1-39-22-8-4-19(5-9-22)25(35)10-11-26(36)33-14-12-20(13-15-33)29-32-24(17-40-29)28(38)31-23(27(30)37)16-18-2-6-21(34)7-3-18/h2-9,17,20,23,34H,10-16H2,1H3,(H2,30,37)(H,31,38). The average molecular weight is 565 g/mol. The molecule has 1 aliphatic heterocycles. The highest BCUT2D eigenvalue weighted by Crippen LogP contribution is 2.31. The molecule has 10 nitrogen and oxygen atoms in total. The van der Waals surface area contributed by atoms with Gasteiger partial charge in [0.15, 0.2) is 5.78 Å². The molecule has 11 heteroatoms. The van der Waals surface area contributed by atoms with Gasteiger partial charge in [-0.15, -0.1) is 11.3 Å². The highest BCUT2D eigenvalue weighted by atomic mass is 32.1. The number of phenols is 1. The molecule has 4 rings (SSSR count). The van der Waals surface area contributed by atoms with Gasteiger partial charge in [0.05, 0.1) is 12.1 Å². The number of likely N-dealkylation sites (tertiary alicyclic amines) is 1. The molecule has 3 aromatic rings. The molecule has 1 aliphatic rings. The summed E-state index contributed by atoms with van der Waals surface area (Å²) in [5, 5.41) is 14.6. The van der Waals surface area contributed by atoms with Gasteiger partial charge in [0, 0.05) is 49.2 Å². The summed E-state index contributed by atoms with van der Waals surface area (Å²) in [6.45, 7) is 1.11. The van der Waals surface area contributed by atoms with Gasteiger partial charge in [0.1, 0.15) is 23.2 Å². The van der Waals surface area contributed by atoms with Gasteiger partial charge in [0.25, 0.3) is 5.91 Å². The lowest BCUT2D eigenvalue weighted by molar-refractivity contribution is -0.132. The van der Waals surface area contributed by atoms with Crippen LogP contribution in [0.1, 0.15) is 63.0 Å². The van der Waals surface area contributed by atoms with Crippen molar-refractivity contribution in [1.82, 2.24) is 15.2 Å². The van der Waals surface area contributed by atoms with Gasteiger partial charge in [0.2, 0.25) is 11.8 Å². The van der Waals surface area contributed by atoms with Crippen molar-refractivity contribution in [2.75, 3.05) is 20.2 Å². The molecule has 2 aromatic carbocycles. The van der Waals surface area contributed by atoms with Crippen molar-refractivity contribution < 1.29 is 29.0 Å². The predicted molar refractivity (Wildman–Crippen MR) is 149 cm³/mol. The van der Waals surface area contributed by atoms with Crippen LogP contribution < -0.4 is 15.8 Å². The van der Waals surface area contributed by atoms with Crippen molar-refractivity contribution in [3.8, 4) is 11.5 Å². The van der Waals surface area contributed by atoms with Crippen LogP contribution in [0, 0.1) is 0 Å². The van der Waals surface area contributed by atoms with E-state index in [-0.39, 0.29) is 48.3 Å². The third kappa shape index (κ3) is 7.44. The Balaban J connectivity index is 1.25. The molecular weight excluding hydrogens is 532 g/mol. The number of aromatic hydroxyl groups is 1. The van der Waals surface area contributed by atoms with Crippen molar-refractivity contribution in [1.29, 1.82) is 0 Å². The predicted octanol–water partition coefficient (Wildman–Crippen LogP) is 3.05. The number of carbonyl (C=O) groups is 4. The Bertz CT molecular complexity index is 1350. The van der Waals surface area contributed by atoms with Gasteiger partial charge in [-0.1, -0.05) is 12.1 Å². The number of primary amides is 1. The first-order valence-electron chi connectivity index (χ1n) is 13.0. The van der Waals surface area contributed by atoms with Gasteiger partial charge in [-0.05, 0) is 54.8 Å². The highest BCUT2D eigenvalue weighted by molar-refractivity contribution is 7.09. The molecular formula is C29H32N4O6S. The van der Waals surface area contributed by atoms with E-state index in [0.717, 1.165) is 10.6 Å². The van der Waals surface area contributed by atoms with Crippen LogP contribution in [0.15, 0.2) is 53.9 Å². The Hall–Kier alpha value is -4.25. The number of phenolic OH excluding ortho intramolecular Hbond substituents is 1. The van der Waals surface area contributed by atoms with E-state index in [0.29, 0.717) is 37.2 Å². The minimum absolute atomic E-state index is 0.0503. The second-order valence-corrected chi connectivity index (χ2v) is 10.6. The summed E-state index contributed by atoms with van der Waals surface area (Å²) in [4.78, 5) is 56.2. The van der Waals surface area contributed by atoms with Crippen LogP contribution in [0.25, 0.3) is 0 Å². The number of Topliss-reactive ketones (excluding diaryl/α,β-unsaturated/α-hetero) is 1. The zero-order chi connectivity index (χ0) is 28.6. The lowest BCUT2D eigenvalue weighted by atomic mass is 9.97. The molecule has 1 unspecified atom stereocenters. The number of methoxy groups -OCH3 is 1. The van der Waals surface area contributed by atoms with Gasteiger partial charge >= 0.3 is 0 Å². The largest absolute Gasteiger partial charge is 0.508 e. The van der Waals surface area contributed by atoms with E-state index in [9.17, 15) is 24.3 Å². The van der Waals surface area contributed by atoms with Crippen LogP contribution in [0.4, 0.5) is 0 Å². The number of hydrogen-bond acceptors (Lipinski definition) is 8. The van der Waals surface area contributed by atoms with Crippen molar-refractivity contribution >= 4 is 34.8 Å². The number of piperidine rings is 1. The molecule has 0 bridgehead atoms. The summed E-state index contributed by atoms with van der Waals surface area (Å²) in [7, 11) is 1.56. The Kier molecular flexibility index (Phi) is 9.49. The van der Waals surface area contributed by atoms with Crippen LogP contribution in [0.5, 0.6) is 11.5 Å². The van der Waals surface area contributed by atoms with Crippen molar-refractivity contribution in [3.63, 3.8) is 0 Å². The number of hydrogen-bond donors (Lipinski definition) is 3. The first-order valence-corrected chi connectivity index (χ1v) is 13.9. The maximum absolute atomic E-state index is 12.8. The lowest BCUT2D eigenvalue weighted by Gasteiger charge is -2.31. The molecule has 1 atom stereocenters. The van der Waals surface area contributed by atoms with Crippen LogP contribution in [-0.4, -0.2) is 64.7 Å². The molecule has 210 valence electrons. The van der Waals surface area contributed by atoms with Crippen molar-refractivity contribution in [2.45, 2.75) is 44.1 Å². The first-order chi connectivity index (χ1) is 19.2. The van der Waals surface area contributed by atoms with E-state index in [2.05, 4.69) is 10.3 Å². The number of ketones is 1. The van der Waals surface area contributed by atoms with Gasteiger partial charge in [-0.25, -0.2) is 4.98 Å². The third-order valence-corrected chi connectivity index (χ3v) is 7.96. The molecule has 0 radical (unpaired) electrons. The van der Waals surface area contributed by atoms with Crippen LogP contribution >= 0.6 is 11.3 Å². The molecule has 1 aromatic heterocycles. The average Bonchev–Trinajstić information content (AvgIpc) is 3.47. The smallest absolute Gasteiger partial charge is 0.271 e. The number of nitrogens with one attached hydrogen (secondary N) is 1. The van der Waals surface area contributed by atoms with E-state index >= 15 is 0 Å². The quantitative estimate of drug-likeness (QED) is 0.303. The number of thiazole rings is 1. The number of amides is 3. The summed E-state index contributed by atoms with van der Waals surface area (Å²) in [6.07, 6.45) is 1.91. The number of carbonyl (C=O) groups excluding carboxylic acids is 4. The molecule has 4 N–H and O–H groups in total. The summed E-state index contributed by atoms with van der Waals surface area (Å²) in [5.74, 6) is -0.400. The first kappa shape index (κ1) is 28.8. The maximum Gasteiger partial charge on any atom is 0.271 e. The van der Waals surface area contributed by atoms with Crippen molar-refractivity contribution in [3.05, 3.63) is 75.7 Å². The van der Waals surface area contributed by atoms with Gasteiger partial charge in [-0.2, -0.15) is 0 Å². The van der Waals surface area contributed by atoms with E-state index < -0.39 is 17.9 Å². The molecule has 0 aliphatic carbocycles. The van der Waals surface area contributed by atoms with Crippen LogP contribution in [0.2, 0.25) is 0 Å². The zero-order valence-corrected chi connectivity index (χ0v) is 23.0. The van der Waals surface area contributed by atoms with Crippen LogP contribution in [-0.2, 0) is 16.0 Å². The molecule has 3 amide bonds. The third-order valence-electron chi connectivity index (χ3n) is 6.95. The topological polar surface area (TPSA) is 152 Å². The van der Waals surface area contributed by atoms with Gasteiger partial charge < -0.3 is 25.8 Å². The monoisotopic (exact) mass is 564 g/mol. The summed E-state index contributed by atoms with van der Waals surface area (Å²) >= 11 is 1.38. The summed E-state index contributed by atoms with van der Waals surface area (Å²) < 4.78 is 5.11. The van der Waals surface area contributed by atoms with Gasteiger partial charge in [-0.3, -0.25) is 19.2 Å². The number of aromatic nitrogens is 1. The number of nitrogens with two attached hydrogens (primary N) is 1. The molecule has 0 saturated carbocycles. The van der Waals surface area contributed by atoms with Crippen LogP contribution in [0.3, 0.4) is 0 Å². The fourth-order valence-corrected chi connectivity index (χ4v) is 5.55. The van der Waals surface area contributed by atoms with E-state index in [4.69, 9.17) is 10.5 Å². The molecule has 0 spiro atoms. The number of rotatable bonds is 11. The Labute approximate surface area is 236 Å². The second kappa shape index (κ2) is 13.2. The SMILES string of the molecule is COc1ccc(C(=O)CCC(=O)N2CCC(c3nc(C(=O)NC(Cc4ccc(O)cc4)C(N)=O)cs3)CC2)cc1. The Morgan fingerprint density at radius 1 is 1.07 bits per heavy atom. The maximum atomic E-state index is 12.8. The Morgan fingerprint density at radius 3 is 2.38 bits per heavy atom. The fraction of sp³-hybridized carbons (Fsp3) is 0.345. The fourth-order valence-electron chi connectivity index (χ4n) is 4.58. The van der Waals surface area contributed by atoms with E-state index in [1.807, 2.05) is 0 Å². The number of ether oxygens (including phenoxy) is 1. The molecule has 1 saturated heterocycles. The molecule has 1 fully saturated rings. The second-order valence-electron chi connectivity index (χ2n) is 9.68. The highest BCUT2D eigenvalue weighted by Gasteiger charge is 2.27. The van der Waals surface area contributed by atoms with E-state index in [1.165, 1.54) is 23.5 Å². The normalized spacial score (nSPS) is 14.4. The minimum Gasteiger partial charge on any atom is -0.508 e. The molecule has 2 heterocycles.